The SMILES string of the molecule is CC(C1=[C-]C=CC1)P(c1ccccc1)c1ccccc1.[Li+]. The van der Waals surface area contributed by atoms with Crippen molar-refractivity contribution in [3.63, 3.8) is 0 Å². The maximum absolute atomic E-state index is 3.43. The quantitative estimate of drug-likeness (QED) is 0.450. The third kappa shape index (κ3) is 3.78. The molecule has 0 N–H and O–H groups in total. The standard InChI is InChI=1S/C19H18P.Li/c1-16(17-10-8-9-11-17)20(18-12-4-2-5-13-18)19-14-6-3-7-15-19;/h2-9,12-16H,10H2,1H3;/q-1;+1. The van der Waals surface area contributed by atoms with Crippen molar-refractivity contribution in [3.05, 3.63) is 84.5 Å². The van der Waals surface area contributed by atoms with Crippen LogP contribution in [0, 0.1) is 6.08 Å². The fourth-order valence-electron chi connectivity index (χ4n) is 2.63. The van der Waals surface area contributed by atoms with Gasteiger partial charge < -0.3 is 0 Å². The van der Waals surface area contributed by atoms with Gasteiger partial charge in [0.25, 0.3) is 0 Å². The van der Waals surface area contributed by atoms with Gasteiger partial charge in [0.15, 0.2) is 0 Å². The minimum atomic E-state index is -0.363. The Morgan fingerprint density at radius 2 is 1.43 bits per heavy atom. The number of rotatable bonds is 4. The largest absolute Gasteiger partial charge is 1.00 e. The molecule has 1 atom stereocenters. The van der Waals surface area contributed by atoms with Crippen LogP contribution in [0.2, 0.25) is 0 Å². The molecular weight excluding hydrogens is 266 g/mol. The Labute approximate surface area is 140 Å². The van der Waals surface area contributed by atoms with E-state index in [1.54, 1.807) is 0 Å². The summed E-state index contributed by atoms with van der Waals surface area (Å²) in [4.78, 5) is 0. The van der Waals surface area contributed by atoms with Gasteiger partial charge in [-0.2, -0.15) is 5.57 Å². The van der Waals surface area contributed by atoms with Crippen molar-refractivity contribution in [3.8, 4) is 0 Å². The summed E-state index contributed by atoms with van der Waals surface area (Å²) in [7, 11) is -0.363. The second kappa shape index (κ2) is 7.81. The predicted molar refractivity (Wildman–Crippen MR) is 89.0 cm³/mol. The number of hydrogen-bond acceptors (Lipinski definition) is 0. The average molecular weight is 284 g/mol. The molecule has 3 rings (SSSR count). The van der Waals surface area contributed by atoms with E-state index >= 15 is 0 Å². The van der Waals surface area contributed by atoms with Crippen molar-refractivity contribution in [2.45, 2.75) is 19.0 Å². The van der Waals surface area contributed by atoms with Crippen LogP contribution in [0.1, 0.15) is 13.3 Å². The van der Waals surface area contributed by atoms with Crippen LogP contribution in [-0.4, -0.2) is 5.66 Å². The summed E-state index contributed by atoms with van der Waals surface area (Å²) in [6, 6.07) is 21.8. The van der Waals surface area contributed by atoms with Crippen molar-refractivity contribution >= 4 is 18.5 Å². The van der Waals surface area contributed by atoms with E-state index < -0.39 is 0 Å². The van der Waals surface area contributed by atoms with E-state index in [4.69, 9.17) is 0 Å². The first-order valence-corrected chi connectivity index (χ1v) is 8.44. The third-order valence-corrected chi connectivity index (χ3v) is 6.48. The molecule has 0 aliphatic heterocycles. The van der Waals surface area contributed by atoms with Gasteiger partial charge in [-0.1, -0.05) is 74.0 Å². The van der Waals surface area contributed by atoms with E-state index in [0.29, 0.717) is 5.66 Å². The van der Waals surface area contributed by atoms with Gasteiger partial charge in [0.1, 0.15) is 0 Å². The molecule has 2 aromatic rings. The Bertz CT molecular complexity index is 577. The first-order valence-electron chi connectivity index (χ1n) is 7.03. The van der Waals surface area contributed by atoms with Crippen molar-refractivity contribution < 1.29 is 18.9 Å². The van der Waals surface area contributed by atoms with E-state index in [1.807, 2.05) is 0 Å². The molecule has 0 heterocycles. The van der Waals surface area contributed by atoms with E-state index in [2.05, 4.69) is 85.8 Å². The maximum Gasteiger partial charge on any atom is 1.00 e. The van der Waals surface area contributed by atoms with Crippen molar-refractivity contribution in [2.75, 3.05) is 0 Å². The molecule has 21 heavy (non-hydrogen) atoms. The van der Waals surface area contributed by atoms with Crippen LogP contribution in [0.15, 0.2) is 78.4 Å². The van der Waals surface area contributed by atoms with Crippen LogP contribution < -0.4 is 29.5 Å². The van der Waals surface area contributed by atoms with Crippen LogP contribution in [0.3, 0.4) is 0 Å². The Kier molecular flexibility index (Phi) is 6.07. The Balaban J connectivity index is 0.00000161. The fourth-order valence-corrected chi connectivity index (χ4v) is 5.30. The zero-order valence-corrected chi connectivity index (χ0v) is 13.6. The molecule has 0 nitrogen and oxygen atoms in total. The van der Waals surface area contributed by atoms with Crippen LogP contribution in [-0.2, 0) is 0 Å². The molecular formula is C19H18LiP. The van der Waals surface area contributed by atoms with Crippen molar-refractivity contribution in [2.24, 2.45) is 0 Å². The second-order valence-electron chi connectivity index (χ2n) is 4.99. The Morgan fingerprint density at radius 1 is 0.905 bits per heavy atom. The molecule has 1 aliphatic carbocycles. The zero-order valence-electron chi connectivity index (χ0n) is 12.7. The molecule has 0 saturated heterocycles. The van der Waals surface area contributed by atoms with Crippen molar-refractivity contribution in [1.29, 1.82) is 0 Å². The van der Waals surface area contributed by atoms with Gasteiger partial charge in [0.05, 0.1) is 0 Å². The smallest absolute Gasteiger partial charge is 0.252 e. The van der Waals surface area contributed by atoms with Gasteiger partial charge in [-0.15, -0.1) is 0 Å². The van der Waals surface area contributed by atoms with Gasteiger partial charge in [0.2, 0.25) is 0 Å². The molecule has 0 aromatic heterocycles. The minimum absolute atomic E-state index is 0. The molecule has 0 fully saturated rings. The van der Waals surface area contributed by atoms with E-state index in [1.165, 1.54) is 16.2 Å². The summed E-state index contributed by atoms with van der Waals surface area (Å²) < 4.78 is 0. The molecule has 1 unspecified atom stereocenters. The zero-order chi connectivity index (χ0) is 13.8. The summed E-state index contributed by atoms with van der Waals surface area (Å²) in [5.74, 6) is 0. The summed E-state index contributed by atoms with van der Waals surface area (Å²) >= 11 is 0. The maximum atomic E-state index is 3.43. The molecule has 0 amide bonds. The fraction of sp³-hybridized carbons (Fsp3) is 0.158. The summed E-state index contributed by atoms with van der Waals surface area (Å²) in [5, 5.41) is 2.89. The van der Waals surface area contributed by atoms with Gasteiger partial charge in [-0.3, -0.25) is 6.08 Å². The summed E-state index contributed by atoms with van der Waals surface area (Å²) in [6.45, 7) is 2.35. The molecule has 0 spiro atoms. The van der Waals surface area contributed by atoms with E-state index in [-0.39, 0.29) is 26.8 Å². The Morgan fingerprint density at radius 3 is 1.86 bits per heavy atom. The minimum Gasteiger partial charge on any atom is -0.252 e. The topological polar surface area (TPSA) is 0 Å². The summed E-state index contributed by atoms with van der Waals surface area (Å²) in [5.41, 5.74) is 1.97. The number of benzene rings is 2. The molecule has 0 radical (unpaired) electrons. The van der Waals surface area contributed by atoms with Crippen LogP contribution in [0.25, 0.3) is 0 Å². The third-order valence-electron chi connectivity index (χ3n) is 3.68. The van der Waals surface area contributed by atoms with Gasteiger partial charge in [0, 0.05) is 0 Å². The van der Waals surface area contributed by atoms with Crippen LogP contribution in [0.4, 0.5) is 0 Å². The van der Waals surface area contributed by atoms with Crippen molar-refractivity contribution in [1.82, 2.24) is 0 Å². The molecule has 2 heteroatoms. The number of allylic oxidation sites excluding steroid dienone is 4. The molecule has 2 aromatic carbocycles. The Hall–Kier alpha value is -1.05. The number of hydrogen-bond donors (Lipinski definition) is 0. The summed E-state index contributed by atoms with van der Waals surface area (Å²) in [6.07, 6.45) is 8.75. The van der Waals surface area contributed by atoms with E-state index in [0.717, 1.165) is 6.42 Å². The second-order valence-corrected chi connectivity index (χ2v) is 7.54. The average Bonchev–Trinajstić information content (AvgIpc) is 3.04. The van der Waals surface area contributed by atoms with Gasteiger partial charge >= 0.3 is 18.9 Å². The first-order chi connectivity index (χ1) is 9.86. The monoisotopic (exact) mass is 284 g/mol. The van der Waals surface area contributed by atoms with Crippen LogP contribution in [0.5, 0.6) is 0 Å². The first kappa shape index (κ1) is 16.3. The van der Waals surface area contributed by atoms with Crippen LogP contribution >= 0.6 is 7.92 Å². The van der Waals surface area contributed by atoms with E-state index in [9.17, 15) is 0 Å². The molecule has 1 aliphatic rings. The van der Waals surface area contributed by atoms with Gasteiger partial charge in [-0.05, 0) is 24.2 Å². The predicted octanol–water partition coefficient (Wildman–Crippen LogP) is 1.20. The molecule has 0 bridgehead atoms. The normalized spacial score (nSPS) is 14.7. The molecule has 100 valence electrons. The molecule has 0 saturated carbocycles. The van der Waals surface area contributed by atoms with Gasteiger partial charge in [-0.25, -0.2) is 12.2 Å².